The first-order valence-electron chi connectivity index (χ1n) is 5.40. The van der Waals surface area contributed by atoms with E-state index in [1.807, 2.05) is 6.92 Å². The highest BCUT2D eigenvalue weighted by molar-refractivity contribution is 6.26. The molecule has 0 aliphatic carbocycles. The average molecular weight is 215 g/mol. The summed E-state index contributed by atoms with van der Waals surface area (Å²) in [6.45, 7) is 9.99. The molecule has 1 amide bonds. The standard InChI is InChI=1S/C10H21N3O2/c1-4-13(5-2)8-7-11-10(14)9-12-15-6-3/h9H,4-8H2,1-3H3,(H,11,14)/b12-9+. The zero-order valence-corrected chi connectivity index (χ0v) is 9.82. The number of hydrogen-bond acceptors (Lipinski definition) is 4. The molecule has 15 heavy (non-hydrogen) atoms. The van der Waals surface area contributed by atoms with Crippen molar-refractivity contribution >= 4 is 12.1 Å². The maximum atomic E-state index is 11.1. The molecule has 0 heterocycles. The van der Waals surface area contributed by atoms with Gasteiger partial charge in [0.15, 0.2) is 0 Å². The Labute approximate surface area is 91.5 Å². The van der Waals surface area contributed by atoms with Crippen molar-refractivity contribution in [1.29, 1.82) is 0 Å². The molecule has 0 atom stereocenters. The maximum Gasteiger partial charge on any atom is 0.265 e. The third-order valence-electron chi connectivity index (χ3n) is 2.00. The molecule has 0 bridgehead atoms. The van der Waals surface area contributed by atoms with E-state index in [-0.39, 0.29) is 5.91 Å². The number of rotatable bonds is 8. The van der Waals surface area contributed by atoms with E-state index in [0.717, 1.165) is 25.8 Å². The quantitative estimate of drug-likeness (QED) is 0.473. The highest BCUT2D eigenvalue weighted by Crippen LogP contribution is 1.83. The summed E-state index contributed by atoms with van der Waals surface area (Å²) in [5.74, 6) is -0.212. The van der Waals surface area contributed by atoms with Gasteiger partial charge in [0.25, 0.3) is 5.91 Å². The fourth-order valence-electron chi connectivity index (χ4n) is 1.08. The second-order valence-corrected chi connectivity index (χ2v) is 2.97. The fraction of sp³-hybridized carbons (Fsp3) is 0.800. The van der Waals surface area contributed by atoms with Crippen LogP contribution < -0.4 is 5.32 Å². The molecule has 5 nitrogen and oxygen atoms in total. The van der Waals surface area contributed by atoms with Crippen molar-refractivity contribution in [3.05, 3.63) is 0 Å². The largest absolute Gasteiger partial charge is 0.396 e. The first-order valence-corrected chi connectivity index (χ1v) is 5.40. The van der Waals surface area contributed by atoms with Crippen molar-refractivity contribution in [2.75, 3.05) is 32.8 Å². The number of amides is 1. The van der Waals surface area contributed by atoms with Crippen molar-refractivity contribution in [1.82, 2.24) is 10.2 Å². The lowest BCUT2D eigenvalue weighted by atomic mass is 10.4. The molecular formula is C10H21N3O2. The van der Waals surface area contributed by atoms with Crippen LogP contribution in [0.5, 0.6) is 0 Å². The van der Waals surface area contributed by atoms with Crippen molar-refractivity contribution in [3.63, 3.8) is 0 Å². The van der Waals surface area contributed by atoms with Crippen LogP contribution in [-0.4, -0.2) is 49.8 Å². The van der Waals surface area contributed by atoms with Gasteiger partial charge in [0.1, 0.15) is 12.8 Å². The minimum absolute atomic E-state index is 0.212. The zero-order valence-electron chi connectivity index (χ0n) is 9.82. The van der Waals surface area contributed by atoms with Gasteiger partial charge in [-0.05, 0) is 20.0 Å². The van der Waals surface area contributed by atoms with Crippen LogP contribution in [0.3, 0.4) is 0 Å². The molecule has 0 aromatic heterocycles. The SMILES string of the molecule is CCO/N=C/C(=O)NCCN(CC)CC. The van der Waals surface area contributed by atoms with Gasteiger partial charge in [-0.25, -0.2) is 0 Å². The van der Waals surface area contributed by atoms with Gasteiger partial charge < -0.3 is 15.1 Å². The van der Waals surface area contributed by atoms with E-state index < -0.39 is 0 Å². The summed E-state index contributed by atoms with van der Waals surface area (Å²) in [4.78, 5) is 18.0. The smallest absolute Gasteiger partial charge is 0.265 e. The Morgan fingerprint density at radius 3 is 2.60 bits per heavy atom. The molecule has 0 aromatic carbocycles. The van der Waals surface area contributed by atoms with Gasteiger partial charge in [0.05, 0.1) is 0 Å². The Balaban J connectivity index is 3.54. The summed E-state index contributed by atoms with van der Waals surface area (Å²) >= 11 is 0. The van der Waals surface area contributed by atoms with Gasteiger partial charge in [-0.1, -0.05) is 19.0 Å². The van der Waals surface area contributed by atoms with Crippen molar-refractivity contribution in [2.45, 2.75) is 20.8 Å². The van der Waals surface area contributed by atoms with Gasteiger partial charge in [-0.2, -0.15) is 0 Å². The van der Waals surface area contributed by atoms with E-state index in [9.17, 15) is 4.79 Å². The molecule has 5 heteroatoms. The Kier molecular flexibility index (Phi) is 8.76. The highest BCUT2D eigenvalue weighted by Gasteiger charge is 1.99. The Morgan fingerprint density at radius 2 is 2.07 bits per heavy atom. The summed E-state index contributed by atoms with van der Waals surface area (Å²) in [6, 6.07) is 0. The molecule has 88 valence electrons. The van der Waals surface area contributed by atoms with Gasteiger partial charge in [-0.15, -0.1) is 0 Å². The fourth-order valence-corrected chi connectivity index (χ4v) is 1.08. The molecule has 0 radical (unpaired) electrons. The zero-order chi connectivity index (χ0) is 11.5. The predicted octanol–water partition coefficient (Wildman–Crippen LogP) is 0.467. The minimum Gasteiger partial charge on any atom is -0.396 e. The van der Waals surface area contributed by atoms with Crippen LogP contribution in [0.2, 0.25) is 0 Å². The molecule has 0 fully saturated rings. The topological polar surface area (TPSA) is 53.9 Å². The van der Waals surface area contributed by atoms with Crippen molar-refractivity contribution in [2.24, 2.45) is 5.16 Å². The minimum atomic E-state index is -0.212. The van der Waals surface area contributed by atoms with E-state index in [2.05, 4.69) is 34.1 Å². The number of carbonyl (C=O) groups is 1. The predicted molar refractivity (Wildman–Crippen MR) is 60.9 cm³/mol. The summed E-state index contributed by atoms with van der Waals surface area (Å²) in [5, 5.41) is 6.21. The molecule has 0 aliphatic rings. The van der Waals surface area contributed by atoms with Crippen LogP contribution in [0, 0.1) is 0 Å². The van der Waals surface area contributed by atoms with E-state index in [1.54, 1.807) is 0 Å². The van der Waals surface area contributed by atoms with Crippen molar-refractivity contribution < 1.29 is 9.63 Å². The number of carbonyl (C=O) groups excluding carboxylic acids is 1. The van der Waals surface area contributed by atoms with Crippen LogP contribution >= 0.6 is 0 Å². The summed E-state index contributed by atoms with van der Waals surface area (Å²) < 4.78 is 0. The summed E-state index contributed by atoms with van der Waals surface area (Å²) in [6.07, 6.45) is 1.16. The van der Waals surface area contributed by atoms with Gasteiger partial charge >= 0.3 is 0 Å². The first-order chi connectivity index (χ1) is 7.24. The third-order valence-corrected chi connectivity index (χ3v) is 2.00. The molecule has 0 rings (SSSR count). The lowest BCUT2D eigenvalue weighted by molar-refractivity contribution is -0.114. The number of nitrogens with one attached hydrogen (secondary N) is 1. The third kappa shape index (κ3) is 7.93. The number of nitrogens with zero attached hydrogens (tertiary/aromatic N) is 2. The number of oxime groups is 1. The van der Waals surface area contributed by atoms with Crippen LogP contribution in [0.25, 0.3) is 0 Å². The van der Waals surface area contributed by atoms with Crippen LogP contribution in [0.1, 0.15) is 20.8 Å². The number of hydrogen-bond donors (Lipinski definition) is 1. The molecule has 0 saturated carbocycles. The first kappa shape index (κ1) is 13.9. The van der Waals surface area contributed by atoms with Crippen molar-refractivity contribution in [3.8, 4) is 0 Å². The van der Waals surface area contributed by atoms with E-state index in [0.29, 0.717) is 13.2 Å². The molecule has 0 spiro atoms. The van der Waals surface area contributed by atoms with Crippen LogP contribution in [0.15, 0.2) is 5.16 Å². The van der Waals surface area contributed by atoms with E-state index in [4.69, 9.17) is 0 Å². The van der Waals surface area contributed by atoms with Gasteiger partial charge in [0.2, 0.25) is 0 Å². The number of likely N-dealkylation sites (N-methyl/N-ethyl adjacent to an activating group) is 1. The Morgan fingerprint density at radius 1 is 1.40 bits per heavy atom. The Bertz CT molecular complexity index is 191. The van der Waals surface area contributed by atoms with Gasteiger partial charge in [-0.3, -0.25) is 4.79 Å². The molecule has 0 saturated heterocycles. The van der Waals surface area contributed by atoms with Gasteiger partial charge in [0, 0.05) is 13.1 Å². The Hall–Kier alpha value is -1.10. The van der Waals surface area contributed by atoms with Crippen LogP contribution in [0.4, 0.5) is 0 Å². The maximum absolute atomic E-state index is 11.1. The second kappa shape index (κ2) is 9.45. The molecule has 1 N–H and O–H groups in total. The van der Waals surface area contributed by atoms with Crippen LogP contribution in [-0.2, 0) is 9.63 Å². The monoisotopic (exact) mass is 215 g/mol. The van der Waals surface area contributed by atoms with E-state index >= 15 is 0 Å². The molecule has 0 aliphatic heterocycles. The molecule has 0 aromatic rings. The second-order valence-electron chi connectivity index (χ2n) is 2.97. The van der Waals surface area contributed by atoms with E-state index in [1.165, 1.54) is 0 Å². The summed E-state index contributed by atoms with van der Waals surface area (Å²) in [5.41, 5.74) is 0. The molecule has 0 unspecified atom stereocenters. The summed E-state index contributed by atoms with van der Waals surface area (Å²) in [7, 11) is 0. The average Bonchev–Trinajstić information content (AvgIpc) is 2.25. The lowest BCUT2D eigenvalue weighted by Gasteiger charge is -2.17. The normalized spacial score (nSPS) is 10.9. The lowest BCUT2D eigenvalue weighted by Crippen LogP contribution is -2.35. The molecular weight excluding hydrogens is 194 g/mol. The highest BCUT2D eigenvalue weighted by atomic mass is 16.6.